The van der Waals surface area contributed by atoms with Gasteiger partial charge in [0.05, 0.1) is 6.61 Å². The molecule has 0 aliphatic carbocycles. The van der Waals surface area contributed by atoms with Crippen LogP contribution in [0.15, 0.2) is 24.3 Å². The van der Waals surface area contributed by atoms with Crippen LogP contribution in [0, 0.1) is 11.8 Å². The maximum absolute atomic E-state index is 12.2. The molecule has 29 heavy (non-hydrogen) atoms. The zero-order chi connectivity index (χ0) is 21.4. The van der Waals surface area contributed by atoms with Gasteiger partial charge in [0, 0.05) is 18.8 Å². The molecule has 7 heteroatoms. The van der Waals surface area contributed by atoms with Crippen LogP contribution >= 0.6 is 0 Å². The third-order valence-electron chi connectivity index (χ3n) is 4.58. The van der Waals surface area contributed by atoms with Crippen LogP contribution in [-0.4, -0.2) is 42.3 Å². The van der Waals surface area contributed by atoms with Gasteiger partial charge in [-0.05, 0) is 69.6 Å². The van der Waals surface area contributed by atoms with Crippen molar-refractivity contribution in [2.24, 2.45) is 11.8 Å². The van der Waals surface area contributed by atoms with E-state index in [1.807, 2.05) is 58.9 Å². The number of urea groups is 1. The average Bonchev–Trinajstić information content (AvgIpc) is 2.62. The molecule has 1 aromatic carbocycles. The summed E-state index contributed by atoms with van der Waals surface area (Å²) in [5.41, 5.74) is 3.87. The molecule has 0 aromatic heterocycles. The third kappa shape index (κ3) is 8.73. The fraction of sp³-hybridized carbons (Fsp3) is 0.636. The van der Waals surface area contributed by atoms with Gasteiger partial charge in [0.15, 0.2) is 0 Å². The van der Waals surface area contributed by atoms with Crippen molar-refractivity contribution in [1.82, 2.24) is 10.4 Å². The number of nitrogens with zero attached hydrogens (tertiary/aromatic N) is 1. The van der Waals surface area contributed by atoms with Gasteiger partial charge in [-0.25, -0.2) is 15.1 Å². The van der Waals surface area contributed by atoms with Gasteiger partial charge in [0.2, 0.25) is 0 Å². The summed E-state index contributed by atoms with van der Waals surface area (Å²) < 4.78 is 5.45. The van der Waals surface area contributed by atoms with E-state index in [-0.39, 0.29) is 12.1 Å². The summed E-state index contributed by atoms with van der Waals surface area (Å²) in [4.78, 5) is 30.8. The molecule has 0 unspecified atom stereocenters. The largest absolute Gasteiger partial charge is 0.444 e. The van der Waals surface area contributed by atoms with E-state index in [0.29, 0.717) is 18.4 Å². The lowest BCUT2D eigenvalue weighted by Gasteiger charge is -2.33. The Balaban J connectivity index is 1.73. The quantitative estimate of drug-likeness (QED) is 0.679. The van der Waals surface area contributed by atoms with E-state index in [9.17, 15) is 9.59 Å². The van der Waals surface area contributed by atoms with Crippen molar-refractivity contribution in [3.63, 3.8) is 0 Å². The Hall–Kier alpha value is -2.28. The lowest BCUT2D eigenvalue weighted by Crippen LogP contribution is -2.42. The van der Waals surface area contributed by atoms with Crippen molar-refractivity contribution < 1.29 is 19.2 Å². The first-order valence-corrected chi connectivity index (χ1v) is 10.4. The van der Waals surface area contributed by atoms with E-state index in [0.717, 1.165) is 38.0 Å². The van der Waals surface area contributed by atoms with Crippen LogP contribution in [0.3, 0.4) is 0 Å². The summed E-state index contributed by atoms with van der Waals surface area (Å²) in [6.45, 7) is 11.6. The number of amides is 3. The van der Waals surface area contributed by atoms with Crippen molar-refractivity contribution in [2.75, 3.05) is 25.0 Å². The number of anilines is 1. The first kappa shape index (κ1) is 23.0. The molecule has 1 saturated heterocycles. The average molecular weight is 406 g/mol. The number of carbonyl (C=O) groups excluding carboxylic acids is 2. The second-order valence-electron chi connectivity index (χ2n) is 9.07. The minimum absolute atomic E-state index is 0.220. The normalized spacial score (nSPS) is 15.3. The van der Waals surface area contributed by atoms with E-state index in [1.165, 1.54) is 5.56 Å². The first-order chi connectivity index (χ1) is 13.6. The van der Waals surface area contributed by atoms with E-state index in [2.05, 4.69) is 10.8 Å². The number of hydrogen-bond acceptors (Lipinski definition) is 4. The molecule has 1 aliphatic heterocycles. The molecule has 1 fully saturated rings. The van der Waals surface area contributed by atoms with E-state index >= 15 is 0 Å². The summed E-state index contributed by atoms with van der Waals surface area (Å²) in [7, 11) is 0. The molecule has 2 N–H and O–H groups in total. The minimum atomic E-state index is -0.457. The molecule has 3 amide bonds. The van der Waals surface area contributed by atoms with Crippen LogP contribution < -0.4 is 10.8 Å². The van der Waals surface area contributed by atoms with Gasteiger partial charge >= 0.3 is 12.1 Å². The number of rotatable bonds is 6. The van der Waals surface area contributed by atoms with E-state index < -0.39 is 5.60 Å². The SMILES string of the molecule is CC(C)CONC(=O)Nc1ccc(CC2CCN(C(=O)OC(C)(C)C)CC2)cc1. The highest BCUT2D eigenvalue weighted by Gasteiger charge is 2.26. The van der Waals surface area contributed by atoms with Crippen molar-refractivity contribution in [3.8, 4) is 0 Å². The molecule has 2 rings (SSSR count). The third-order valence-corrected chi connectivity index (χ3v) is 4.58. The van der Waals surface area contributed by atoms with Crippen LogP contribution in [0.2, 0.25) is 0 Å². The second-order valence-corrected chi connectivity index (χ2v) is 9.07. The Morgan fingerprint density at radius 3 is 2.31 bits per heavy atom. The maximum Gasteiger partial charge on any atom is 0.410 e. The molecule has 1 heterocycles. The number of nitrogens with one attached hydrogen (secondary N) is 2. The molecule has 162 valence electrons. The Morgan fingerprint density at radius 2 is 1.76 bits per heavy atom. The Bertz CT molecular complexity index is 660. The summed E-state index contributed by atoms with van der Waals surface area (Å²) in [6.07, 6.45) is 2.68. The van der Waals surface area contributed by atoms with Gasteiger partial charge in [-0.2, -0.15) is 0 Å². The second kappa shape index (κ2) is 10.5. The highest BCUT2D eigenvalue weighted by Crippen LogP contribution is 2.24. The maximum atomic E-state index is 12.2. The zero-order valence-electron chi connectivity index (χ0n) is 18.3. The number of ether oxygens (including phenoxy) is 1. The van der Waals surface area contributed by atoms with Crippen molar-refractivity contribution in [2.45, 2.75) is 59.5 Å². The van der Waals surface area contributed by atoms with Gasteiger partial charge in [-0.3, -0.25) is 4.84 Å². The monoisotopic (exact) mass is 405 g/mol. The first-order valence-electron chi connectivity index (χ1n) is 10.4. The molecule has 0 bridgehead atoms. The van der Waals surface area contributed by atoms with Gasteiger partial charge < -0.3 is 15.0 Å². The van der Waals surface area contributed by atoms with E-state index in [4.69, 9.17) is 9.57 Å². The highest BCUT2D eigenvalue weighted by molar-refractivity contribution is 5.88. The van der Waals surface area contributed by atoms with Crippen molar-refractivity contribution in [3.05, 3.63) is 29.8 Å². The predicted octanol–water partition coefficient (Wildman–Crippen LogP) is 4.59. The Labute approximate surface area is 174 Å². The number of benzene rings is 1. The fourth-order valence-corrected chi connectivity index (χ4v) is 3.13. The number of hydroxylamine groups is 1. The molecular weight excluding hydrogens is 370 g/mol. The van der Waals surface area contributed by atoms with Crippen LogP contribution in [0.4, 0.5) is 15.3 Å². The van der Waals surface area contributed by atoms with E-state index in [1.54, 1.807) is 4.90 Å². The van der Waals surface area contributed by atoms with Crippen molar-refractivity contribution >= 4 is 17.8 Å². The molecule has 0 radical (unpaired) electrons. The van der Waals surface area contributed by atoms with Crippen LogP contribution in [0.5, 0.6) is 0 Å². The molecule has 1 aromatic rings. The number of likely N-dealkylation sites (tertiary alicyclic amines) is 1. The molecule has 7 nitrogen and oxygen atoms in total. The molecule has 0 spiro atoms. The molecular formula is C22H35N3O4. The topological polar surface area (TPSA) is 79.9 Å². The van der Waals surface area contributed by atoms with Crippen LogP contribution in [0.25, 0.3) is 0 Å². The summed E-state index contributed by atoms with van der Waals surface area (Å²) in [6, 6.07) is 7.48. The van der Waals surface area contributed by atoms with Gasteiger partial charge in [0.25, 0.3) is 0 Å². The zero-order valence-corrected chi connectivity index (χ0v) is 18.3. The highest BCUT2D eigenvalue weighted by atomic mass is 16.7. The molecule has 0 saturated carbocycles. The minimum Gasteiger partial charge on any atom is -0.444 e. The summed E-state index contributed by atoms with van der Waals surface area (Å²) in [5.74, 6) is 0.894. The van der Waals surface area contributed by atoms with Crippen molar-refractivity contribution in [1.29, 1.82) is 0 Å². The van der Waals surface area contributed by atoms with Gasteiger partial charge in [-0.1, -0.05) is 26.0 Å². The lowest BCUT2D eigenvalue weighted by molar-refractivity contribution is 0.0184. The molecule has 1 aliphatic rings. The Morgan fingerprint density at radius 1 is 1.14 bits per heavy atom. The lowest BCUT2D eigenvalue weighted by atomic mass is 9.90. The molecule has 0 atom stereocenters. The smallest absolute Gasteiger partial charge is 0.410 e. The van der Waals surface area contributed by atoms with Crippen LogP contribution in [-0.2, 0) is 16.0 Å². The summed E-state index contributed by atoms with van der Waals surface area (Å²) >= 11 is 0. The standard InChI is InChI=1S/C22H35N3O4/c1-16(2)15-28-24-20(26)23-19-8-6-17(7-9-19)14-18-10-12-25(13-11-18)21(27)29-22(3,4)5/h6-9,16,18H,10-15H2,1-5H3,(H2,23,24,26). The summed E-state index contributed by atoms with van der Waals surface area (Å²) in [5, 5.41) is 2.75. The number of carbonyl (C=O) groups is 2. The predicted molar refractivity (Wildman–Crippen MR) is 114 cm³/mol. The Kier molecular flexibility index (Phi) is 8.32. The van der Waals surface area contributed by atoms with Gasteiger partial charge in [-0.15, -0.1) is 0 Å². The van der Waals surface area contributed by atoms with Crippen LogP contribution in [0.1, 0.15) is 53.0 Å². The van der Waals surface area contributed by atoms with Gasteiger partial charge in [0.1, 0.15) is 5.60 Å². The number of piperidine rings is 1. The number of hydrogen-bond donors (Lipinski definition) is 2. The fourth-order valence-electron chi connectivity index (χ4n) is 3.13.